The molecule has 7 rings (SSSR count). The number of likely N-dealkylation sites (tertiary alicyclic amines) is 1. The smallest absolute Gasteiger partial charge is 0.256 e. The summed E-state index contributed by atoms with van der Waals surface area (Å²) in [6, 6.07) is 3.28. The van der Waals surface area contributed by atoms with Crippen molar-refractivity contribution in [2.75, 3.05) is 31.6 Å². The summed E-state index contributed by atoms with van der Waals surface area (Å²) >= 11 is 0. The fraction of sp³-hybridized carbons (Fsp3) is 0.483. The Hall–Kier alpha value is -3.95. The van der Waals surface area contributed by atoms with Crippen molar-refractivity contribution >= 4 is 38.5 Å². The first-order chi connectivity index (χ1) is 21.2. The van der Waals surface area contributed by atoms with Gasteiger partial charge < -0.3 is 19.9 Å². The third-order valence-electron chi connectivity index (χ3n) is 8.48. The predicted molar refractivity (Wildman–Crippen MR) is 161 cm³/mol. The van der Waals surface area contributed by atoms with E-state index in [1.165, 1.54) is 12.4 Å². The van der Waals surface area contributed by atoms with Crippen molar-refractivity contribution in [2.24, 2.45) is 0 Å². The molecule has 15 heteroatoms. The number of carbonyl (C=O) groups excluding carboxylic acids is 1. The first kappa shape index (κ1) is 28.8. The molecule has 2 N–H and O–H groups in total. The molecule has 6 heterocycles. The van der Waals surface area contributed by atoms with Crippen LogP contribution in [0, 0.1) is 0 Å². The van der Waals surface area contributed by atoms with Crippen LogP contribution >= 0.6 is 0 Å². The lowest BCUT2D eigenvalue weighted by Crippen LogP contribution is -2.58. The van der Waals surface area contributed by atoms with E-state index in [-0.39, 0.29) is 29.8 Å². The number of pyridine rings is 1. The second kappa shape index (κ2) is 11.2. The Kier molecular flexibility index (Phi) is 7.33. The number of ether oxygens (including phenoxy) is 1. The van der Waals surface area contributed by atoms with Crippen LogP contribution in [0.2, 0.25) is 0 Å². The first-order valence-corrected chi connectivity index (χ1v) is 16.3. The van der Waals surface area contributed by atoms with E-state index in [1.807, 2.05) is 24.5 Å². The number of hydrogen-bond donors (Lipinski definition) is 2. The zero-order valence-electron chi connectivity index (χ0n) is 24.4. The normalized spacial score (nSPS) is 21.5. The molecule has 2 saturated heterocycles. The molecule has 1 saturated carbocycles. The second-order valence-electron chi connectivity index (χ2n) is 11.9. The number of aromatic nitrogens is 6. The van der Waals surface area contributed by atoms with Gasteiger partial charge in [-0.05, 0) is 39.2 Å². The van der Waals surface area contributed by atoms with Crippen molar-refractivity contribution in [3.8, 4) is 11.4 Å². The number of fused-ring (bicyclic) bond motifs is 1. The van der Waals surface area contributed by atoms with E-state index in [1.54, 1.807) is 24.7 Å². The molecule has 232 valence electrons. The highest BCUT2D eigenvalue weighted by Gasteiger charge is 2.38. The van der Waals surface area contributed by atoms with Crippen molar-refractivity contribution in [3.63, 3.8) is 0 Å². The quantitative estimate of drug-likeness (QED) is 0.285. The topological polar surface area (TPSA) is 149 Å². The zero-order valence-corrected chi connectivity index (χ0v) is 25.2. The van der Waals surface area contributed by atoms with Gasteiger partial charge in [-0.15, -0.1) is 0 Å². The van der Waals surface area contributed by atoms with Gasteiger partial charge >= 0.3 is 0 Å². The van der Waals surface area contributed by atoms with Gasteiger partial charge in [0.1, 0.15) is 17.8 Å². The van der Waals surface area contributed by atoms with Crippen LogP contribution in [0.15, 0.2) is 43.1 Å². The Morgan fingerprint density at radius 2 is 1.93 bits per heavy atom. The number of piperidine rings is 1. The van der Waals surface area contributed by atoms with Gasteiger partial charge in [-0.2, -0.15) is 9.19 Å². The average Bonchev–Trinajstić information content (AvgIpc) is 3.59. The summed E-state index contributed by atoms with van der Waals surface area (Å²) in [6.45, 7) is 6.32. The molecule has 3 fully saturated rings. The minimum Gasteiger partial charge on any atom is -0.378 e. The van der Waals surface area contributed by atoms with Gasteiger partial charge in [-0.1, -0.05) is 0 Å². The van der Waals surface area contributed by atoms with Crippen LogP contribution in [0.25, 0.3) is 22.3 Å². The molecule has 4 aromatic rings. The van der Waals surface area contributed by atoms with Gasteiger partial charge in [0.15, 0.2) is 5.82 Å². The molecule has 0 spiro atoms. The van der Waals surface area contributed by atoms with Crippen LogP contribution in [-0.2, 0) is 14.8 Å². The predicted octanol–water partition coefficient (Wildman–Crippen LogP) is 2.90. The summed E-state index contributed by atoms with van der Waals surface area (Å²) in [5.74, 6) is 0.942. The zero-order chi connectivity index (χ0) is 30.6. The van der Waals surface area contributed by atoms with Crippen molar-refractivity contribution in [2.45, 2.75) is 62.7 Å². The number of amides is 1. The maximum absolute atomic E-state index is 15.1. The monoisotopic (exact) mass is 623 g/mol. The third kappa shape index (κ3) is 5.43. The fourth-order valence-corrected chi connectivity index (χ4v) is 7.18. The van der Waals surface area contributed by atoms with Crippen LogP contribution in [0.3, 0.4) is 0 Å². The molecule has 0 bridgehead atoms. The maximum atomic E-state index is 15.1. The molecule has 0 aromatic carbocycles. The van der Waals surface area contributed by atoms with E-state index >= 15 is 4.39 Å². The minimum absolute atomic E-state index is 0.0465. The molecule has 2 atom stereocenters. The first-order valence-electron chi connectivity index (χ1n) is 14.8. The number of nitrogens with zero attached hydrogens (tertiary/aromatic N) is 7. The van der Waals surface area contributed by atoms with Crippen molar-refractivity contribution < 1.29 is 22.3 Å². The standard InChI is InChI=1S/C29H34FN9O4S/c1-17(2)38-13-22(29(40)34-24-6-8-37(14-23(24)30)19-15-43-16-19)21-11-32-27(9-25(21)38)35-26-5-7-31-28(36-26)18-10-33-39(12-18)44(41,42)20-3-4-20/h5,7,9-13,17,19-20,23-24H,3-4,6,8,14-16H2,1-2H3,(H,34,40)(H,31,32,35,36)/t23-,24+/m0/s1. The lowest BCUT2D eigenvalue weighted by Gasteiger charge is -2.42. The highest BCUT2D eigenvalue weighted by atomic mass is 32.2. The Balaban J connectivity index is 1.09. The maximum Gasteiger partial charge on any atom is 0.256 e. The molecule has 44 heavy (non-hydrogen) atoms. The highest BCUT2D eigenvalue weighted by molar-refractivity contribution is 7.90. The van der Waals surface area contributed by atoms with Gasteiger partial charge in [0, 0.05) is 49.2 Å². The Labute approximate surface area is 253 Å². The molecular formula is C29H34FN9O4S. The lowest BCUT2D eigenvalue weighted by molar-refractivity contribution is -0.0814. The number of anilines is 2. The van der Waals surface area contributed by atoms with E-state index in [9.17, 15) is 13.2 Å². The number of carbonyl (C=O) groups is 1. The largest absolute Gasteiger partial charge is 0.378 e. The molecule has 13 nitrogen and oxygen atoms in total. The number of halogens is 1. The molecule has 4 aromatic heterocycles. The van der Waals surface area contributed by atoms with E-state index in [2.05, 4.69) is 35.6 Å². The summed E-state index contributed by atoms with van der Waals surface area (Å²) in [5, 5.41) is 10.4. The molecule has 0 unspecified atom stereocenters. The van der Waals surface area contributed by atoms with Crippen LogP contribution in [0.4, 0.5) is 16.0 Å². The number of rotatable bonds is 9. The van der Waals surface area contributed by atoms with Crippen LogP contribution < -0.4 is 10.6 Å². The van der Waals surface area contributed by atoms with Crippen molar-refractivity contribution in [1.82, 2.24) is 38.9 Å². The van der Waals surface area contributed by atoms with Crippen LogP contribution in [-0.4, -0.2) is 97.7 Å². The number of nitrogens with one attached hydrogen (secondary N) is 2. The van der Waals surface area contributed by atoms with Gasteiger partial charge in [-0.25, -0.2) is 27.8 Å². The van der Waals surface area contributed by atoms with E-state index < -0.39 is 22.2 Å². The summed E-state index contributed by atoms with van der Waals surface area (Å²) in [5.41, 5.74) is 1.71. The van der Waals surface area contributed by atoms with Gasteiger partial charge in [0.2, 0.25) is 0 Å². The lowest BCUT2D eigenvalue weighted by atomic mass is 10.00. The molecule has 1 amide bonds. The molecule has 3 aliphatic rings. The fourth-order valence-electron chi connectivity index (χ4n) is 5.70. The van der Waals surface area contributed by atoms with Gasteiger partial charge in [-0.3, -0.25) is 9.69 Å². The summed E-state index contributed by atoms with van der Waals surface area (Å²) in [6.07, 6.45) is 8.52. The molecule has 2 aliphatic heterocycles. The number of alkyl halides is 1. The van der Waals surface area contributed by atoms with Crippen molar-refractivity contribution in [3.05, 3.63) is 48.7 Å². The van der Waals surface area contributed by atoms with Crippen LogP contribution in [0.1, 0.15) is 49.5 Å². The average molecular weight is 624 g/mol. The Bertz CT molecular complexity index is 1820. The van der Waals surface area contributed by atoms with Gasteiger partial charge in [0.25, 0.3) is 15.9 Å². The Morgan fingerprint density at radius 3 is 2.64 bits per heavy atom. The van der Waals surface area contributed by atoms with Crippen molar-refractivity contribution in [1.29, 1.82) is 0 Å². The van der Waals surface area contributed by atoms with E-state index in [4.69, 9.17) is 4.74 Å². The molecular weight excluding hydrogens is 589 g/mol. The number of hydrogen-bond acceptors (Lipinski definition) is 10. The summed E-state index contributed by atoms with van der Waals surface area (Å²) in [4.78, 5) is 28.9. The third-order valence-corrected chi connectivity index (χ3v) is 10.5. The second-order valence-corrected chi connectivity index (χ2v) is 14.0. The van der Waals surface area contributed by atoms with E-state index in [0.29, 0.717) is 66.4 Å². The summed E-state index contributed by atoms with van der Waals surface area (Å²) in [7, 11) is -3.49. The summed E-state index contributed by atoms with van der Waals surface area (Å²) < 4.78 is 48.3. The highest BCUT2D eigenvalue weighted by Crippen LogP contribution is 2.31. The minimum atomic E-state index is -3.49. The molecule has 0 radical (unpaired) electrons. The Morgan fingerprint density at radius 1 is 1.11 bits per heavy atom. The molecule has 1 aliphatic carbocycles. The van der Waals surface area contributed by atoms with Crippen LogP contribution in [0.5, 0.6) is 0 Å². The van der Waals surface area contributed by atoms with E-state index in [0.717, 1.165) is 16.1 Å². The SMILES string of the molecule is CC(C)n1cc(C(=O)N[C@@H]2CCN(C3COC3)C[C@@H]2F)c2cnc(Nc3ccnc(-c4cnn(S(=O)(=O)C5CC5)c4)n3)cc21. The van der Waals surface area contributed by atoms with Gasteiger partial charge in [0.05, 0.1) is 59.6 Å².